The lowest BCUT2D eigenvalue weighted by Gasteiger charge is -2.04. The van der Waals surface area contributed by atoms with Crippen LogP contribution in [0.5, 0.6) is 0 Å². The van der Waals surface area contributed by atoms with Gasteiger partial charge in [-0.1, -0.05) is 6.07 Å². The van der Waals surface area contributed by atoms with Crippen LogP contribution in [-0.4, -0.2) is 45.8 Å². The Morgan fingerprint density at radius 1 is 1.22 bits per heavy atom. The number of aromatic amines is 1. The van der Waals surface area contributed by atoms with Gasteiger partial charge < -0.3 is 10.1 Å². The number of benzene rings is 2. The Bertz CT molecular complexity index is 1030. The lowest BCUT2D eigenvalue weighted by atomic mass is 10.0. The molecule has 2 aromatic carbocycles. The molecule has 0 spiro atoms. The van der Waals surface area contributed by atoms with Crippen LogP contribution in [0.3, 0.4) is 0 Å². The third kappa shape index (κ3) is 3.17. The van der Waals surface area contributed by atoms with Crippen molar-refractivity contribution in [1.29, 1.82) is 0 Å². The first kappa shape index (κ1) is 16.6. The lowest BCUT2D eigenvalue weighted by Crippen LogP contribution is -2.12. The lowest BCUT2D eigenvalue weighted by molar-refractivity contribution is -0.115. The molecule has 3 aromatic rings. The highest BCUT2D eigenvalue weighted by Gasteiger charge is 2.29. The maximum atomic E-state index is 12.3. The summed E-state index contributed by atoms with van der Waals surface area (Å²) in [6, 6.07) is 12.2. The predicted octanol–water partition coefficient (Wildman–Crippen LogP) is 2.09. The van der Waals surface area contributed by atoms with E-state index in [9.17, 15) is 9.59 Å². The molecule has 1 unspecified atom stereocenters. The number of H-pyrrole nitrogens is 1. The van der Waals surface area contributed by atoms with E-state index in [0.717, 1.165) is 11.1 Å². The van der Waals surface area contributed by atoms with Crippen LogP contribution < -0.4 is 5.32 Å². The molecule has 1 atom stereocenters. The third-order valence-electron chi connectivity index (χ3n) is 4.19. The molecule has 2 heterocycles. The zero-order valence-corrected chi connectivity index (χ0v) is 14.2. The summed E-state index contributed by atoms with van der Waals surface area (Å²) in [6.45, 7) is 0. The SMILES string of the molecule is COC(=O)c1ccc2c(c1)NC(=O)C2C=Nc1ccc(-c2nn[nH]n2)cc1. The number of tetrazole rings is 1. The van der Waals surface area contributed by atoms with E-state index in [1.807, 2.05) is 12.1 Å². The average Bonchev–Trinajstić information content (AvgIpc) is 3.33. The molecule has 1 aromatic heterocycles. The standard InChI is InChI=1S/C18H14N6O3/c1-27-18(26)11-4-7-13-14(17(25)20-15(13)8-11)9-19-12-5-2-10(3-6-12)16-21-23-24-22-16/h2-9,14H,1H3,(H,20,25)(H,21,22,23,24). The number of hydrogen-bond acceptors (Lipinski definition) is 7. The topological polar surface area (TPSA) is 122 Å². The van der Waals surface area contributed by atoms with Gasteiger partial charge in [0.15, 0.2) is 0 Å². The van der Waals surface area contributed by atoms with Crippen LogP contribution in [0.25, 0.3) is 11.4 Å². The number of rotatable bonds is 4. The monoisotopic (exact) mass is 362 g/mol. The van der Waals surface area contributed by atoms with Gasteiger partial charge in [-0.2, -0.15) is 5.21 Å². The maximum Gasteiger partial charge on any atom is 0.337 e. The van der Waals surface area contributed by atoms with E-state index in [4.69, 9.17) is 4.74 Å². The zero-order valence-electron chi connectivity index (χ0n) is 14.2. The van der Waals surface area contributed by atoms with Crippen LogP contribution in [0.1, 0.15) is 21.8 Å². The van der Waals surface area contributed by atoms with Crippen LogP contribution in [0, 0.1) is 0 Å². The van der Waals surface area contributed by atoms with E-state index in [2.05, 4.69) is 30.9 Å². The number of hydrogen-bond donors (Lipinski definition) is 2. The quantitative estimate of drug-likeness (QED) is 0.541. The van der Waals surface area contributed by atoms with Crippen molar-refractivity contribution >= 4 is 29.5 Å². The van der Waals surface area contributed by atoms with Crippen molar-refractivity contribution in [3.05, 3.63) is 53.6 Å². The number of anilines is 1. The molecular formula is C18H14N6O3. The predicted molar refractivity (Wildman–Crippen MR) is 96.9 cm³/mol. The molecule has 1 amide bonds. The molecule has 0 bridgehead atoms. The summed E-state index contributed by atoms with van der Waals surface area (Å²) in [4.78, 5) is 28.3. The number of aliphatic imine (C=N–C) groups is 1. The van der Waals surface area contributed by atoms with Crippen molar-refractivity contribution in [2.24, 2.45) is 4.99 Å². The molecule has 134 valence electrons. The van der Waals surface area contributed by atoms with Crippen molar-refractivity contribution in [3.63, 3.8) is 0 Å². The molecule has 0 saturated heterocycles. The van der Waals surface area contributed by atoms with Gasteiger partial charge in [0, 0.05) is 17.5 Å². The van der Waals surface area contributed by atoms with Gasteiger partial charge in [0.2, 0.25) is 11.7 Å². The number of carbonyl (C=O) groups excluding carboxylic acids is 2. The fraction of sp³-hybridized carbons (Fsp3) is 0.111. The minimum absolute atomic E-state index is 0.195. The highest BCUT2D eigenvalue weighted by atomic mass is 16.5. The number of amides is 1. The van der Waals surface area contributed by atoms with Gasteiger partial charge >= 0.3 is 5.97 Å². The van der Waals surface area contributed by atoms with Gasteiger partial charge in [-0.25, -0.2) is 4.79 Å². The summed E-state index contributed by atoms with van der Waals surface area (Å²) in [5, 5.41) is 16.5. The molecule has 0 aliphatic carbocycles. The first-order chi connectivity index (χ1) is 13.2. The number of ether oxygens (including phenoxy) is 1. The van der Waals surface area contributed by atoms with Gasteiger partial charge in [-0.15, -0.1) is 10.2 Å². The Kier molecular flexibility index (Phi) is 4.17. The second-order valence-electron chi connectivity index (χ2n) is 5.82. The highest BCUT2D eigenvalue weighted by Crippen LogP contribution is 2.33. The second kappa shape index (κ2) is 6.79. The fourth-order valence-electron chi connectivity index (χ4n) is 2.82. The number of methoxy groups -OCH3 is 1. The number of aromatic nitrogens is 4. The average molecular weight is 362 g/mol. The number of nitrogens with one attached hydrogen (secondary N) is 2. The van der Waals surface area contributed by atoms with E-state index in [1.165, 1.54) is 7.11 Å². The van der Waals surface area contributed by atoms with Gasteiger partial charge in [0.1, 0.15) is 5.92 Å². The first-order valence-corrected chi connectivity index (χ1v) is 8.07. The van der Waals surface area contributed by atoms with Crippen molar-refractivity contribution in [1.82, 2.24) is 20.6 Å². The van der Waals surface area contributed by atoms with Crippen LogP contribution in [0.15, 0.2) is 47.5 Å². The molecule has 9 nitrogen and oxygen atoms in total. The Morgan fingerprint density at radius 3 is 2.74 bits per heavy atom. The van der Waals surface area contributed by atoms with Crippen LogP contribution in [0.4, 0.5) is 11.4 Å². The molecule has 2 N–H and O–H groups in total. The van der Waals surface area contributed by atoms with Crippen LogP contribution in [-0.2, 0) is 9.53 Å². The summed E-state index contributed by atoms with van der Waals surface area (Å²) < 4.78 is 4.70. The van der Waals surface area contributed by atoms with Crippen LogP contribution in [0.2, 0.25) is 0 Å². The normalized spacial score (nSPS) is 15.6. The van der Waals surface area contributed by atoms with Gasteiger partial charge in [-0.05, 0) is 47.2 Å². The molecular weight excluding hydrogens is 348 g/mol. The summed E-state index contributed by atoms with van der Waals surface area (Å²) in [7, 11) is 1.31. The number of esters is 1. The van der Waals surface area contributed by atoms with Crippen molar-refractivity contribution in [3.8, 4) is 11.4 Å². The van der Waals surface area contributed by atoms with Crippen molar-refractivity contribution in [2.45, 2.75) is 5.92 Å². The minimum Gasteiger partial charge on any atom is -0.465 e. The van der Waals surface area contributed by atoms with E-state index in [1.54, 1.807) is 36.5 Å². The highest BCUT2D eigenvalue weighted by molar-refractivity contribution is 6.13. The van der Waals surface area contributed by atoms with Gasteiger partial charge in [0.05, 0.1) is 18.4 Å². The molecule has 27 heavy (non-hydrogen) atoms. The summed E-state index contributed by atoms with van der Waals surface area (Å²) in [6.07, 6.45) is 1.59. The molecule has 0 saturated carbocycles. The Labute approximate surface area is 153 Å². The van der Waals surface area contributed by atoms with E-state index >= 15 is 0 Å². The Balaban J connectivity index is 1.55. The smallest absolute Gasteiger partial charge is 0.337 e. The van der Waals surface area contributed by atoms with E-state index in [0.29, 0.717) is 22.8 Å². The fourth-order valence-corrected chi connectivity index (χ4v) is 2.82. The molecule has 1 aliphatic rings. The van der Waals surface area contributed by atoms with Crippen molar-refractivity contribution < 1.29 is 14.3 Å². The minimum atomic E-state index is -0.524. The Hall–Kier alpha value is -3.88. The first-order valence-electron chi connectivity index (χ1n) is 8.07. The van der Waals surface area contributed by atoms with Gasteiger partial charge in [-0.3, -0.25) is 9.79 Å². The number of fused-ring (bicyclic) bond motifs is 1. The summed E-state index contributed by atoms with van der Waals surface area (Å²) >= 11 is 0. The van der Waals surface area contributed by atoms with E-state index in [-0.39, 0.29) is 5.91 Å². The largest absolute Gasteiger partial charge is 0.465 e. The molecule has 9 heteroatoms. The van der Waals surface area contributed by atoms with E-state index < -0.39 is 11.9 Å². The molecule has 4 rings (SSSR count). The molecule has 0 fully saturated rings. The number of carbonyl (C=O) groups is 2. The third-order valence-corrected chi connectivity index (χ3v) is 4.19. The maximum absolute atomic E-state index is 12.3. The second-order valence-corrected chi connectivity index (χ2v) is 5.82. The zero-order chi connectivity index (χ0) is 18.8. The summed E-state index contributed by atoms with van der Waals surface area (Å²) in [5.41, 5.74) is 3.23. The molecule has 0 radical (unpaired) electrons. The summed E-state index contributed by atoms with van der Waals surface area (Å²) in [5.74, 6) is -0.676. The van der Waals surface area contributed by atoms with Crippen LogP contribution >= 0.6 is 0 Å². The number of nitrogens with zero attached hydrogens (tertiary/aromatic N) is 4. The van der Waals surface area contributed by atoms with Gasteiger partial charge in [0.25, 0.3) is 0 Å². The Morgan fingerprint density at radius 2 is 2.04 bits per heavy atom. The molecule has 1 aliphatic heterocycles. The van der Waals surface area contributed by atoms with Crippen molar-refractivity contribution in [2.75, 3.05) is 12.4 Å².